The fraction of sp³-hybridized carbons (Fsp3) is 0.696. The van der Waals surface area contributed by atoms with Crippen LogP contribution in [0.1, 0.15) is 45.1 Å². The molecule has 3 unspecified atom stereocenters. The molecule has 2 N–H and O–H groups in total. The Kier molecular flexibility index (Phi) is 10.8. The molecule has 1 aromatic rings. The van der Waals surface area contributed by atoms with Crippen molar-refractivity contribution in [1.82, 2.24) is 14.9 Å². The number of carbonyl (C=O) groups is 1. The smallest absolute Gasteiger partial charge is 0.241 e. The number of carbonyl (C=O) groups excluding carboxylic acids is 1. The van der Waals surface area contributed by atoms with Crippen LogP contribution in [0.2, 0.25) is 0 Å². The highest BCUT2D eigenvalue weighted by Gasteiger charge is 2.25. The molecule has 6 nitrogen and oxygen atoms in total. The molecule has 0 saturated carbocycles. The van der Waals surface area contributed by atoms with Gasteiger partial charge in [-0.15, -0.1) is 0 Å². The number of nitrogens with one attached hydrogen (secondary N) is 2. The molecule has 1 amide bonds. The molecule has 0 aromatic heterocycles. The molecule has 3 atom stereocenters. The van der Waals surface area contributed by atoms with Crippen molar-refractivity contribution in [2.45, 2.75) is 57.4 Å². The number of aryl methyl sites for hydroxylation is 1. The zero-order valence-corrected chi connectivity index (χ0v) is 21.0. The Hall–Kier alpha value is -1.09. The quantitative estimate of drug-likeness (QED) is 0.460. The molecule has 176 valence electrons. The van der Waals surface area contributed by atoms with Crippen LogP contribution in [0.3, 0.4) is 0 Å². The summed E-state index contributed by atoms with van der Waals surface area (Å²) in [4.78, 5) is 15.4. The summed E-state index contributed by atoms with van der Waals surface area (Å²) in [5.41, 5.74) is 0.990. The van der Waals surface area contributed by atoms with Gasteiger partial charge in [0.25, 0.3) is 0 Å². The van der Waals surface area contributed by atoms with Crippen molar-refractivity contribution in [3.63, 3.8) is 0 Å². The number of amides is 1. The molecule has 1 aliphatic heterocycles. The van der Waals surface area contributed by atoms with Gasteiger partial charge in [-0.25, -0.2) is 8.42 Å². The second-order valence-electron chi connectivity index (χ2n) is 8.97. The molecule has 0 bridgehead atoms. The van der Waals surface area contributed by atoms with Crippen LogP contribution in [0, 0.1) is 18.8 Å². The Morgan fingerprint density at radius 2 is 1.81 bits per heavy atom. The number of hydrogen-bond acceptors (Lipinski definition) is 5. The fourth-order valence-corrected chi connectivity index (χ4v) is 5.92. The Balaban J connectivity index is 1.81. The van der Waals surface area contributed by atoms with Crippen molar-refractivity contribution < 1.29 is 13.2 Å². The van der Waals surface area contributed by atoms with Gasteiger partial charge < -0.3 is 10.2 Å². The first-order valence-electron chi connectivity index (χ1n) is 11.3. The Bertz CT molecular complexity index is 774. The molecule has 1 aliphatic rings. The molecule has 0 spiro atoms. The van der Waals surface area contributed by atoms with Gasteiger partial charge in [0.05, 0.1) is 4.90 Å². The monoisotopic (exact) mass is 469 g/mol. The topological polar surface area (TPSA) is 78.5 Å². The highest BCUT2D eigenvalue weighted by atomic mass is 32.2. The van der Waals surface area contributed by atoms with Gasteiger partial charge in [-0.3, -0.25) is 4.79 Å². The van der Waals surface area contributed by atoms with E-state index in [4.69, 9.17) is 0 Å². The number of unbranched alkanes of at least 4 members (excludes halogenated alkanes) is 1. The van der Waals surface area contributed by atoms with Gasteiger partial charge >= 0.3 is 0 Å². The molecule has 8 heteroatoms. The number of rotatable bonds is 12. The van der Waals surface area contributed by atoms with E-state index in [0.29, 0.717) is 18.7 Å². The number of benzene rings is 1. The molecular weight excluding hydrogens is 430 g/mol. The molecule has 1 heterocycles. The Morgan fingerprint density at radius 3 is 2.42 bits per heavy atom. The van der Waals surface area contributed by atoms with Crippen LogP contribution in [0.25, 0.3) is 0 Å². The van der Waals surface area contributed by atoms with Crippen LogP contribution in [-0.4, -0.2) is 63.5 Å². The van der Waals surface area contributed by atoms with Gasteiger partial charge in [0.15, 0.2) is 0 Å². The summed E-state index contributed by atoms with van der Waals surface area (Å²) in [6, 6.07) is 5.90. The zero-order valence-electron chi connectivity index (χ0n) is 19.4. The SMILES string of the molecule is CSCCC(NS(=O)(=O)c1ccc(C)cc1)C(=O)NCCCCN1CC(C)CC(C)C1. The molecular formula is C23H39N3O3S2. The van der Waals surface area contributed by atoms with E-state index in [0.717, 1.165) is 49.9 Å². The third-order valence-corrected chi connectivity index (χ3v) is 7.83. The first kappa shape index (κ1) is 26.2. The maximum absolute atomic E-state index is 12.7. The van der Waals surface area contributed by atoms with Crippen LogP contribution in [0.4, 0.5) is 0 Å². The third kappa shape index (κ3) is 9.12. The highest BCUT2D eigenvalue weighted by molar-refractivity contribution is 7.98. The fourth-order valence-electron chi connectivity index (χ4n) is 4.22. The number of hydrogen-bond donors (Lipinski definition) is 2. The number of piperidine rings is 1. The van der Waals surface area contributed by atoms with Crippen LogP contribution in [0.5, 0.6) is 0 Å². The summed E-state index contributed by atoms with van der Waals surface area (Å²) in [5.74, 6) is 1.97. The Labute approximate surface area is 193 Å². The number of likely N-dealkylation sites (tertiary alicyclic amines) is 1. The molecule has 1 aromatic carbocycles. The maximum Gasteiger partial charge on any atom is 0.241 e. The predicted molar refractivity (Wildman–Crippen MR) is 130 cm³/mol. The number of nitrogens with zero attached hydrogens (tertiary/aromatic N) is 1. The minimum atomic E-state index is -3.74. The van der Waals surface area contributed by atoms with Gasteiger partial charge in [-0.1, -0.05) is 31.5 Å². The average molecular weight is 470 g/mol. The molecule has 31 heavy (non-hydrogen) atoms. The highest BCUT2D eigenvalue weighted by Crippen LogP contribution is 2.21. The van der Waals surface area contributed by atoms with E-state index >= 15 is 0 Å². The third-order valence-electron chi connectivity index (χ3n) is 5.70. The van der Waals surface area contributed by atoms with Gasteiger partial charge in [0, 0.05) is 19.6 Å². The predicted octanol–water partition coefficient (Wildman–Crippen LogP) is 3.27. The largest absolute Gasteiger partial charge is 0.355 e. The van der Waals surface area contributed by atoms with Gasteiger partial charge in [-0.05, 0) is 75.1 Å². The average Bonchev–Trinajstić information content (AvgIpc) is 2.70. The summed E-state index contributed by atoms with van der Waals surface area (Å²) in [6.07, 6.45) is 5.64. The molecule has 0 aliphatic carbocycles. The summed E-state index contributed by atoms with van der Waals surface area (Å²) in [6.45, 7) is 10.5. The van der Waals surface area contributed by atoms with E-state index in [9.17, 15) is 13.2 Å². The van der Waals surface area contributed by atoms with Crippen molar-refractivity contribution in [3.8, 4) is 0 Å². The van der Waals surface area contributed by atoms with E-state index in [1.54, 1.807) is 36.0 Å². The lowest BCUT2D eigenvalue weighted by Crippen LogP contribution is -2.47. The first-order valence-corrected chi connectivity index (χ1v) is 14.2. The molecule has 1 saturated heterocycles. The van der Waals surface area contributed by atoms with E-state index in [1.165, 1.54) is 6.42 Å². The minimum Gasteiger partial charge on any atom is -0.355 e. The summed E-state index contributed by atoms with van der Waals surface area (Å²) in [5, 5.41) is 2.94. The molecule has 2 rings (SSSR count). The van der Waals surface area contributed by atoms with Gasteiger partial charge in [0.1, 0.15) is 6.04 Å². The van der Waals surface area contributed by atoms with Crippen molar-refractivity contribution in [2.24, 2.45) is 11.8 Å². The van der Waals surface area contributed by atoms with E-state index in [1.807, 2.05) is 13.2 Å². The maximum atomic E-state index is 12.7. The second kappa shape index (κ2) is 12.8. The number of sulfonamides is 1. The summed E-state index contributed by atoms with van der Waals surface area (Å²) >= 11 is 1.60. The van der Waals surface area contributed by atoms with Crippen molar-refractivity contribution in [1.29, 1.82) is 0 Å². The second-order valence-corrected chi connectivity index (χ2v) is 11.7. The summed E-state index contributed by atoms with van der Waals surface area (Å²) in [7, 11) is -3.74. The van der Waals surface area contributed by atoms with Crippen molar-refractivity contribution >= 4 is 27.7 Å². The molecule has 0 radical (unpaired) electrons. The number of thioether (sulfide) groups is 1. The van der Waals surface area contributed by atoms with Crippen molar-refractivity contribution in [3.05, 3.63) is 29.8 Å². The zero-order chi connectivity index (χ0) is 22.9. The first-order chi connectivity index (χ1) is 14.7. The lowest BCUT2D eigenvalue weighted by Gasteiger charge is -2.34. The van der Waals surface area contributed by atoms with Gasteiger partial charge in [-0.2, -0.15) is 16.5 Å². The lowest BCUT2D eigenvalue weighted by molar-refractivity contribution is -0.122. The van der Waals surface area contributed by atoms with E-state index < -0.39 is 16.1 Å². The van der Waals surface area contributed by atoms with E-state index in [2.05, 4.69) is 28.8 Å². The molecule has 1 fully saturated rings. The minimum absolute atomic E-state index is 0.185. The normalized spacial score (nSPS) is 21.0. The van der Waals surface area contributed by atoms with Crippen LogP contribution in [-0.2, 0) is 14.8 Å². The lowest BCUT2D eigenvalue weighted by atomic mass is 9.92. The standard InChI is InChI=1S/C23H39N3O3S2/c1-18-7-9-21(10-8-18)31(28,29)25-22(11-14-30-4)23(27)24-12-5-6-13-26-16-19(2)15-20(3)17-26/h7-10,19-20,22,25H,5-6,11-17H2,1-4H3,(H,24,27). The van der Waals surface area contributed by atoms with Gasteiger partial charge in [0.2, 0.25) is 15.9 Å². The summed E-state index contributed by atoms with van der Waals surface area (Å²) < 4.78 is 28.0. The van der Waals surface area contributed by atoms with Crippen LogP contribution >= 0.6 is 11.8 Å². The Morgan fingerprint density at radius 1 is 1.16 bits per heavy atom. The van der Waals surface area contributed by atoms with Crippen LogP contribution in [0.15, 0.2) is 29.2 Å². The van der Waals surface area contributed by atoms with Crippen molar-refractivity contribution in [2.75, 3.05) is 38.2 Å². The van der Waals surface area contributed by atoms with E-state index in [-0.39, 0.29) is 10.8 Å². The van der Waals surface area contributed by atoms with Crippen LogP contribution < -0.4 is 10.0 Å².